The zero-order valence-corrected chi connectivity index (χ0v) is 12.2. The number of aryl methyl sites for hydroxylation is 1. The van der Waals surface area contributed by atoms with Gasteiger partial charge in [-0.15, -0.1) is 0 Å². The fourth-order valence-electron chi connectivity index (χ4n) is 1.67. The van der Waals surface area contributed by atoms with Gasteiger partial charge >= 0.3 is 0 Å². The zero-order valence-electron chi connectivity index (χ0n) is 9.87. The van der Waals surface area contributed by atoms with Gasteiger partial charge in [0.25, 0.3) is 0 Å². The molecule has 0 saturated heterocycles. The van der Waals surface area contributed by atoms with E-state index < -0.39 is 0 Å². The van der Waals surface area contributed by atoms with Crippen LogP contribution in [0.5, 0.6) is 5.75 Å². The molecule has 0 aliphatic heterocycles. The number of phenols is 1. The van der Waals surface area contributed by atoms with Gasteiger partial charge in [0.15, 0.2) is 0 Å². The second kappa shape index (κ2) is 5.63. The summed E-state index contributed by atoms with van der Waals surface area (Å²) in [6, 6.07) is 11.0. The Morgan fingerprint density at radius 3 is 2.83 bits per heavy atom. The van der Waals surface area contributed by atoms with Crippen molar-refractivity contribution in [3.8, 4) is 5.75 Å². The summed E-state index contributed by atoms with van der Waals surface area (Å²) in [4.78, 5) is 0. The van der Waals surface area contributed by atoms with Crippen LogP contribution in [0.3, 0.4) is 0 Å². The van der Waals surface area contributed by atoms with Crippen LogP contribution in [0.4, 0.5) is 5.69 Å². The molecule has 0 spiro atoms. The van der Waals surface area contributed by atoms with Crippen molar-refractivity contribution in [2.45, 2.75) is 13.5 Å². The number of anilines is 1. The Morgan fingerprint density at radius 2 is 2.06 bits per heavy atom. The van der Waals surface area contributed by atoms with Crippen LogP contribution in [-0.2, 0) is 6.54 Å². The molecule has 0 saturated carbocycles. The van der Waals surface area contributed by atoms with Crippen molar-refractivity contribution in [3.63, 3.8) is 0 Å². The van der Waals surface area contributed by atoms with Crippen molar-refractivity contribution in [2.24, 2.45) is 0 Å². The quantitative estimate of drug-likeness (QED) is 0.854. The molecular formula is C14H13BrClNO. The SMILES string of the molecule is Cc1cccc(NCc2cc(Cl)ccc2O)c1Br. The Kier molecular flexibility index (Phi) is 4.15. The summed E-state index contributed by atoms with van der Waals surface area (Å²) in [7, 11) is 0. The number of hydrogen-bond acceptors (Lipinski definition) is 2. The first-order valence-electron chi connectivity index (χ1n) is 5.54. The van der Waals surface area contributed by atoms with Crippen molar-refractivity contribution >= 4 is 33.2 Å². The molecule has 0 atom stereocenters. The summed E-state index contributed by atoms with van der Waals surface area (Å²) in [5.74, 6) is 0.246. The second-order valence-electron chi connectivity index (χ2n) is 4.06. The third kappa shape index (κ3) is 2.98. The number of benzene rings is 2. The molecule has 0 aliphatic rings. The normalized spacial score (nSPS) is 10.4. The average molecular weight is 327 g/mol. The molecule has 0 bridgehead atoms. The molecule has 94 valence electrons. The van der Waals surface area contributed by atoms with E-state index in [4.69, 9.17) is 11.6 Å². The van der Waals surface area contributed by atoms with E-state index in [9.17, 15) is 5.11 Å². The maximum Gasteiger partial charge on any atom is 0.120 e. The van der Waals surface area contributed by atoms with Crippen LogP contribution in [0.25, 0.3) is 0 Å². The van der Waals surface area contributed by atoms with Crippen molar-refractivity contribution in [1.82, 2.24) is 0 Å². The standard InChI is InChI=1S/C14H13BrClNO/c1-9-3-2-4-12(14(9)15)17-8-10-7-11(16)5-6-13(10)18/h2-7,17-18H,8H2,1H3. The number of aromatic hydroxyl groups is 1. The molecule has 2 N–H and O–H groups in total. The summed E-state index contributed by atoms with van der Waals surface area (Å²) in [6.07, 6.45) is 0. The summed E-state index contributed by atoms with van der Waals surface area (Å²) < 4.78 is 1.03. The van der Waals surface area contributed by atoms with E-state index >= 15 is 0 Å². The molecule has 2 nitrogen and oxygen atoms in total. The van der Waals surface area contributed by atoms with Crippen LogP contribution in [0.1, 0.15) is 11.1 Å². The van der Waals surface area contributed by atoms with E-state index in [0.717, 1.165) is 21.3 Å². The highest BCUT2D eigenvalue weighted by molar-refractivity contribution is 9.10. The average Bonchev–Trinajstić information content (AvgIpc) is 2.35. The lowest BCUT2D eigenvalue weighted by Gasteiger charge is -2.11. The monoisotopic (exact) mass is 325 g/mol. The van der Waals surface area contributed by atoms with Gasteiger partial charge in [-0.1, -0.05) is 23.7 Å². The van der Waals surface area contributed by atoms with E-state index in [2.05, 4.69) is 21.2 Å². The Labute approximate surface area is 120 Å². The number of rotatable bonds is 3. The molecule has 2 aromatic carbocycles. The molecule has 18 heavy (non-hydrogen) atoms. The summed E-state index contributed by atoms with van der Waals surface area (Å²) >= 11 is 9.44. The Balaban J connectivity index is 2.16. The molecule has 2 aromatic rings. The van der Waals surface area contributed by atoms with E-state index in [1.165, 1.54) is 0 Å². The molecule has 0 radical (unpaired) electrons. The van der Waals surface area contributed by atoms with Gasteiger partial charge < -0.3 is 10.4 Å². The van der Waals surface area contributed by atoms with Gasteiger partial charge in [0.2, 0.25) is 0 Å². The van der Waals surface area contributed by atoms with Crippen LogP contribution in [0.2, 0.25) is 5.02 Å². The molecule has 0 aromatic heterocycles. The van der Waals surface area contributed by atoms with Crippen molar-refractivity contribution in [1.29, 1.82) is 0 Å². The van der Waals surface area contributed by atoms with E-state index in [1.807, 2.05) is 25.1 Å². The minimum Gasteiger partial charge on any atom is -0.508 e. The fourth-order valence-corrected chi connectivity index (χ4v) is 2.27. The highest BCUT2D eigenvalue weighted by atomic mass is 79.9. The lowest BCUT2D eigenvalue weighted by molar-refractivity contribution is 0.469. The van der Waals surface area contributed by atoms with Crippen LogP contribution in [-0.4, -0.2) is 5.11 Å². The third-order valence-electron chi connectivity index (χ3n) is 2.70. The molecule has 0 fully saturated rings. The largest absolute Gasteiger partial charge is 0.508 e. The smallest absolute Gasteiger partial charge is 0.120 e. The lowest BCUT2D eigenvalue weighted by Crippen LogP contribution is -2.01. The third-order valence-corrected chi connectivity index (χ3v) is 3.99. The van der Waals surface area contributed by atoms with E-state index in [0.29, 0.717) is 11.6 Å². The lowest BCUT2D eigenvalue weighted by atomic mass is 10.2. The second-order valence-corrected chi connectivity index (χ2v) is 5.29. The van der Waals surface area contributed by atoms with E-state index in [1.54, 1.807) is 18.2 Å². The first kappa shape index (κ1) is 13.2. The Morgan fingerprint density at radius 1 is 1.28 bits per heavy atom. The molecular weight excluding hydrogens is 314 g/mol. The molecule has 0 unspecified atom stereocenters. The fraction of sp³-hybridized carbons (Fsp3) is 0.143. The highest BCUT2D eigenvalue weighted by Gasteiger charge is 2.05. The van der Waals surface area contributed by atoms with Crippen LogP contribution in [0, 0.1) is 6.92 Å². The predicted molar refractivity (Wildman–Crippen MR) is 79.3 cm³/mol. The van der Waals surface area contributed by atoms with Gasteiger partial charge in [-0.25, -0.2) is 0 Å². The summed E-state index contributed by atoms with van der Waals surface area (Å²) in [6.45, 7) is 2.56. The van der Waals surface area contributed by atoms with Crippen LogP contribution in [0.15, 0.2) is 40.9 Å². The van der Waals surface area contributed by atoms with Crippen molar-refractivity contribution in [3.05, 3.63) is 57.0 Å². The summed E-state index contributed by atoms with van der Waals surface area (Å²) in [5, 5.41) is 13.6. The van der Waals surface area contributed by atoms with Gasteiger partial charge in [-0.05, 0) is 52.7 Å². The first-order valence-corrected chi connectivity index (χ1v) is 6.71. The minimum absolute atomic E-state index is 0.246. The maximum absolute atomic E-state index is 9.73. The van der Waals surface area contributed by atoms with E-state index in [-0.39, 0.29) is 5.75 Å². The molecule has 0 aliphatic carbocycles. The summed E-state index contributed by atoms with van der Waals surface area (Å²) in [5.41, 5.74) is 2.93. The number of hydrogen-bond donors (Lipinski definition) is 2. The van der Waals surface area contributed by atoms with Crippen LogP contribution >= 0.6 is 27.5 Å². The molecule has 2 rings (SSSR count). The topological polar surface area (TPSA) is 32.3 Å². The predicted octanol–water partition coefficient (Wildman–Crippen LogP) is 4.73. The van der Waals surface area contributed by atoms with Crippen molar-refractivity contribution in [2.75, 3.05) is 5.32 Å². The van der Waals surface area contributed by atoms with Gasteiger partial charge in [-0.2, -0.15) is 0 Å². The van der Waals surface area contributed by atoms with Gasteiger partial charge in [0.05, 0.1) is 0 Å². The first-order chi connectivity index (χ1) is 8.58. The van der Waals surface area contributed by atoms with Gasteiger partial charge in [0, 0.05) is 27.3 Å². The highest BCUT2D eigenvalue weighted by Crippen LogP contribution is 2.28. The molecule has 0 heterocycles. The van der Waals surface area contributed by atoms with Gasteiger partial charge in [0.1, 0.15) is 5.75 Å². The minimum atomic E-state index is 0.246. The number of phenolic OH excluding ortho intramolecular Hbond substituents is 1. The van der Waals surface area contributed by atoms with Crippen LogP contribution < -0.4 is 5.32 Å². The Bertz CT molecular complexity index is 570. The maximum atomic E-state index is 9.73. The molecule has 0 amide bonds. The Hall–Kier alpha value is -1.19. The van der Waals surface area contributed by atoms with Gasteiger partial charge in [-0.3, -0.25) is 0 Å². The molecule has 4 heteroatoms. The number of nitrogens with one attached hydrogen (secondary N) is 1. The zero-order chi connectivity index (χ0) is 13.1. The number of halogens is 2. The van der Waals surface area contributed by atoms with Crippen molar-refractivity contribution < 1.29 is 5.11 Å².